The summed E-state index contributed by atoms with van der Waals surface area (Å²) in [6.07, 6.45) is -3.45. The van der Waals surface area contributed by atoms with Gasteiger partial charge < -0.3 is 19.9 Å². The molecule has 8 nitrogen and oxygen atoms in total. The largest absolute Gasteiger partial charge is 0.482 e. The normalized spacial score (nSPS) is 13.0. The summed E-state index contributed by atoms with van der Waals surface area (Å²) in [5.74, 6) is -1.63. The Labute approximate surface area is 229 Å². The van der Waals surface area contributed by atoms with Crippen molar-refractivity contribution in [2.45, 2.75) is 50.9 Å². The lowest BCUT2D eigenvalue weighted by Gasteiger charge is -2.30. The third-order valence-corrected chi connectivity index (χ3v) is 6.12. The van der Waals surface area contributed by atoms with Crippen LogP contribution in [0.2, 0.25) is 0 Å². The van der Waals surface area contributed by atoms with Crippen molar-refractivity contribution in [1.82, 2.24) is 10.3 Å². The highest BCUT2D eigenvalue weighted by Crippen LogP contribution is 2.30. The first-order valence-corrected chi connectivity index (χ1v) is 12.3. The second-order valence-corrected chi connectivity index (χ2v) is 9.63. The number of amides is 1. The van der Waals surface area contributed by atoms with Gasteiger partial charge in [0.15, 0.2) is 12.2 Å². The molecule has 210 valence electrons. The molecule has 2 unspecified atom stereocenters. The third-order valence-electron chi connectivity index (χ3n) is 6.12. The third kappa shape index (κ3) is 8.20. The highest BCUT2D eigenvalue weighted by molar-refractivity contribution is 5.85. The number of nitrogens with one attached hydrogen (secondary N) is 1. The van der Waals surface area contributed by atoms with Crippen LogP contribution in [0.4, 0.5) is 13.2 Å². The summed E-state index contributed by atoms with van der Waals surface area (Å²) in [7, 11) is 0. The van der Waals surface area contributed by atoms with Crippen LogP contribution in [0.15, 0.2) is 66.9 Å². The van der Waals surface area contributed by atoms with Gasteiger partial charge >= 0.3 is 12.1 Å². The lowest BCUT2D eigenvalue weighted by atomic mass is 9.85. The van der Waals surface area contributed by atoms with E-state index in [1.165, 1.54) is 13.8 Å². The Bertz CT molecular complexity index is 1370. The maximum absolute atomic E-state index is 13.2. The molecule has 0 spiro atoms. The van der Waals surface area contributed by atoms with Gasteiger partial charge in [0.1, 0.15) is 5.75 Å². The fourth-order valence-corrected chi connectivity index (χ4v) is 3.94. The summed E-state index contributed by atoms with van der Waals surface area (Å²) < 4.78 is 49.3. The van der Waals surface area contributed by atoms with E-state index in [4.69, 9.17) is 14.6 Å². The number of aliphatic carboxylic acids is 1. The maximum Gasteiger partial charge on any atom is 0.417 e. The van der Waals surface area contributed by atoms with Gasteiger partial charge in [-0.15, -0.1) is 0 Å². The van der Waals surface area contributed by atoms with Crippen molar-refractivity contribution in [2.24, 2.45) is 0 Å². The van der Waals surface area contributed by atoms with Crippen molar-refractivity contribution in [3.63, 3.8) is 0 Å². The van der Waals surface area contributed by atoms with E-state index >= 15 is 0 Å². The van der Waals surface area contributed by atoms with Crippen LogP contribution in [0, 0.1) is 11.3 Å². The molecule has 0 fully saturated rings. The zero-order chi connectivity index (χ0) is 29.5. The van der Waals surface area contributed by atoms with E-state index in [0.29, 0.717) is 23.9 Å². The number of hydrogen-bond acceptors (Lipinski definition) is 6. The summed E-state index contributed by atoms with van der Waals surface area (Å²) >= 11 is 0. The Morgan fingerprint density at radius 2 is 1.80 bits per heavy atom. The van der Waals surface area contributed by atoms with Crippen LogP contribution in [-0.2, 0) is 22.2 Å². The van der Waals surface area contributed by atoms with Gasteiger partial charge in [0.2, 0.25) is 5.88 Å². The number of nitrogens with zero attached hydrogens (tertiary/aromatic N) is 2. The smallest absolute Gasteiger partial charge is 0.417 e. The average Bonchev–Trinajstić information content (AvgIpc) is 2.90. The van der Waals surface area contributed by atoms with Crippen molar-refractivity contribution >= 4 is 11.9 Å². The van der Waals surface area contributed by atoms with Gasteiger partial charge in [-0.2, -0.15) is 18.4 Å². The predicted octanol–water partition coefficient (Wildman–Crippen LogP) is 5.12. The van der Waals surface area contributed by atoms with Gasteiger partial charge in [-0.1, -0.05) is 24.3 Å². The summed E-state index contributed by atoms with van der Waals surface area (Å²) in [5.41, 5.74) is -0.264. The molecule has 1 amide bonds. The molecule has 0 aliphatic heterocycles. The number of carboxylic acid groups (broad SMARTS) is 1. The number of ether oxygens (including phenoxy) is 2. The lowest BCUT2D eigenvalue weighted by Crippen LogP contribution is -2.51. The van der Waals surface area contributed by atoms with Crippen LogP contribution in [0.1, 0.15) is 48.9 Å². The number of carbonyl (C=O) groups is 2. The molecule has 40 heavy (non-hydrogen) atoms. The number of halogens is 3. The van der Waals surface area contributed by atoms with Crippen molar-refractivity contribution in [1.29, 1.82) is 5.26 Å². The van der Waals surface area contributed by atoms with E-state index in [1.807, 2.05) is 6.07 Å². The Morgan fingerprint density at radius 1 is 1.10 bits per heavy atom. The topological polar surface area (TPSA) is 122 Å². The second kappa shape index (κ2) is 12.5. The Hall–Kier alpha value is -4.59. The molecule has 2 N–H and O–H groups in total. The summed E-state index contributed by atoms with van der Waals surface area (Å²) in [6, 6.07) is 17.4. The molecular formula is C29H28F3N3O5. The standard InChI is InChI=1S/C29H28F3N3O5/c1-18(35-27(38)28(2,3)40-25-12-9-22(16-34-25)29(30,31)32)24(21-6-4-5-20(13-21)15-33)14-19-7-10-23(11-8-19)39-17-26(36)37/h4-13,16,18,24H,14,17H2,1-3H3,(H,35,38)(H,36,37). The van der Waals surface area contributed by atoms with E-state index in [1.54, 1.807) is 49.4 Å². The minimum Gasteiger partial charge on any atom is -0.482 e. The van der Waals surface area contributed by atoms with E-state index in [-0.39, 0.29) is 11.8 Å². The maximum atomic E-state index is 13.2. The molecule has 1 heterocycles. The Morgan fingerprint density at radius 3 is 2.38 bits per heavy atom. The van der Waals surface area contributed by atoms with Crippen LogP contribution in [0.5, 0.6) is 11.6 Å². The first-order chi connectivity index (χ1) is 18.8. The quantitative estimate of drug-likeness (QED) is 0.337. The molecule has 0 aliphatic carbocycles. The molecular weight excluding hydrogens is 527 g/mol. The van der Waals surface area contributed by atoms with Crippen LogP contribution in [0.25, 0.3) is 0 Å². The van der Waals surface area contributed by atoms with Gasteiger partial charge in [-0.25, -0.2) is 9.78 Å². The van der Waals surface area contributed by atoms with Gasteiger partial charge in [0.05, 0.1) is 17.2 Å². The van der Waals surface area contributed by atoms with Gasteiger partial charge in [-0.05, 0) is 68.7 Å². The second-order valence-electron chi connectivity index (χ2n) is 9.63. The number of hydrogen-bond donors (Lipinski definition) is 2. The summed E-state index contributed by atoms with van der Waals surface area (Å²) in [4.78, 5) is 27.7. The molecule has 0 saturated heterocycles. The molecule has 2 aromatic carbocycles. The van der Waals surface area contributed by atoms with Crippen LogP contribution in [0.3, 0.4) is 0 Å². The number of rotatable bonds is 11. The number of nitriles is 1. The molecule has 11 heteroatoms. The molecule has 1 aromatic heterocycles. The van der Waals surface area contributed by atoms with Gasteiger partial charge in [0, 0.05) is 24.2 Å². The van der Waals surface area contributed by atoms with E-state index in [0.717, 1.165) is 23.3 Å². The average molecular weight is 556 g/mol. The van der Waals surface area contributed by atoms with Crippen LogP contribution >= 0.6 is 0 Å². The SMILES string of the molecule is CC(NC(=O)C(C)(C)Oc1ccc(C(F)(F)F)cn1)C(Cc1ccc(OCC(=O)O)cc1)c1cccc(C#N)c1. The summed E-state index contributed by atoms with van der Waals surface area (Å²) in [6.45, 7) is 4.30. The number of carbonyl (C=O) groups excluding carboxylic acids is 1. The zero-order valence-electron chi connectivity index (χ0n) is 22.0. The molecule has 0 bridgehead atoms. The molecule has 3 aromatic rings. The first-order valence-electron chi connectivity index (χ1n) is 12.3. The molecule has 0 saturated carbocycles. The monoisotopic (exact) mass is 555 g/mol. The highest BCUT2D eigenvalue weighted by atomic mass is 19.4. The van der Waals surface area contributed by atoms with E-state index < -0.39 is 41.9 Å². The zero-order valence-corrected chi connectivity index (χ0v) is 22.0. The predicted molar refractivity (Wildman–Crippen MR) is 139 cm³/mol. The van der Waals surface area contributed by atoms with E-state index in [2.05, 4.69) is 16.4 Å². The lowest BCUT2D eigenvalue weighted by molar-refractivity contribution is -0.139. The number of benzene rings is 2. The van der Waals surface area contributed by atoms with Crippen molar-refractivity contribution in [3.8, 4) is 17.7 Å². The fourth-order valence-electron chi connectivity index (χ4n) is 3.94. The molecule has 0 radical (unpaired) electrons. The van der Waals surface area contributed by atoms with Crippen LogP contribution < -0.4 is 14.8 Å². The number of alkyl halides is 3. The molecule has 0 aliphatic rings. The first kappa shape index (κ1) is 30.0. The van der Waals surface area contributed by atoms with E-state index in [9.17, 15) is 28.0 Å². The van der Waals surface area contributed by atoms with Crippen molar-refractivity contribution in [3.05, 3.63) is 89.1 Å². The Kier molecular flexibility index (Phi) is 9.37. The van der Waals surface area contributed by atoms with Crippen molar-refractivity contribution in [2.75, 3.05) is 6.61 Å². The molecule has 2 atom stereocenters. The number of pyridine rings is 1. The summed E-state index contributed by atoms with van der Waals surface area (Å²) in [5, 5.41) is 21.1. The minimum atomic E-state index is -4.54. The van der Waals surface area contributed by atoms with Crippen LogP contribution in [-0.4, -0.2) is 40.2 Å². The van der Waals surface area contributed by atoms with Gasteiger partial charge in [-0.3, -0.25) is 4.79 Å². The Balaban J connectivity index is 1.78. The van der Waals surface area contributed by atoms with Crippen molar-refractivity contribution < 1.29 is 37.3 Å². The number of carboxylic acids is 1. The fraction of sp³-hybridized carbons (Fsp3) is 0.310. The number of aromatic nitrogens is 1. The minimum absolute atomic E-state index is 0.135. The highest BCUT2D eigenvalue weighted by Gasteiger charge is 2.34. The van der Waals surface area contributed by atoms with Gasteiger partial charge in [0.25, 0.3) is 5.91 Å². The molecule has 3 rings (SSSR count).